The molecule has 1 fully saturated rings. The van der Waals surface area contributed by atoms with Crippen LogP contribution in [0, 0.1) is 0 Å². The molecule has 0 amide bonds. The van der Waals surface area contributed by atoms with Gasteiger partial charge in [-0.15, -0.1) is 13.2 Å². The molecule has 3 nitrogen and oxygen atoms in total. The third kappa shape index (κ3) is 3.09. The van der Waals surface area contributed by atoms with Crippen molar-refractivity contribution in [3.63, 3.8) is 0 Å². The molecule has 0 aliphatic carbocycles. The summed E-state index contributed by atoms with van der Waals surface area (Å²) < 4.78 is 36.9. The van der Waals surface area contributed by atoms with Gasteiger partial charge in [0.2, 0.25) is 0 Å². The van der Waals surface area contributed by atoms with Gasteiger partial charge < -0.3 is 5.11 Å². The lowest BCUT2D eigenvalue weighted by Gasteiger charge is -2.52. The van der Waals surface area contributed by atoms with Gasteiger partial charge in [0.05, 0.1) is 6.10 Å². The molecule has 0 spiro atoms. The number of halogens is 3. The first-order valence-corrected chi connectivity index (χ1v) is 5.18. The number of nitrogens with zero attached hydrogens (tertiary/aromatic N) is 1. The molecule has 16 heavy (non-hydrogen) atoms. The van der Waals surface area contributed by atoms with Gasteiger partial charge in [-0.2, -0.15) is 9.90 Å². The monoisotopic (exact) mass is 241 g/mol. The summed E-state index contributed by atoms with van der Waals surface area (Å²) in [4.78, 5) is 4.08. The van der Waals surface area contributed by atoms with E-state index < -0.39 is 23.5 Å². The second-order valence-corrected chi connectivity index (χ2v) is 5.52. The highest BCUT2D eigenvalue weighted by Gasteiger charge is 2.50. The zero-order valence-electron chi connectivity index (χ0n) is 9.93. The topological polar surface area (TPSA) is 32.7 Å². The van der Waals surface area contributed by atoms with E-state index in [0.29, 0.717) is 0 Å². The summed E-state index contributed by atoms with van der Waals surface area (Å²) in [7, 11) is 0. The van der Waals surface area contributed by atoms with Crippen molar-refractivity contribution in [3.8, 4) is 0 Å². The minimum Gasteiger partial charge on any atom is -0.393 e. The number of rotatable bonds is 1. The highest BCUT2D eigenvalue weighted by Crippen LogP contribution is 2.40. The van der Waals surface area contributed by atoms with Crippen LogP contribution in [-0.4, -0.2) is 33.7 Å². The minimum atomic E-state index is -4.70. The molecule has 1 saturated heterocycles. The minimum absolute atomic E-state index is 0.256. The second-order valence-electron chi connectivity index (χ2n) is 5.52. The fourth-order valence-corrected chi connectivity index (χ4v) is 2.56. The van der Waals surface area contributed by atoms with E-state index in [-0.39, 0.29) is 12.8 Å². The van der Waals surface area contributed by atoms with Gasteiger partial charge in [0.1, 0.15) is 0 Å². The van der Waals surface area contributed by atoms with Crippen LogP contribution in [0.4, 0.5) is 13.2 Å². The quantitative estimate of drug-likeness (QED) is 0.765. The standard InChI is InChI=1S/C10H18F3NO2/c1-8(2)5-7(15)6-9(3,4)14(8)16-10(11,12)13/h7,15H,5-6H2,1-4H3. The van der Waals surface area contributed by atoms with Crippen LogP contribution >= 0.6 is 0 Å². The maximum Gasteiger partial charge on any atom is 0.539 e. The molecule has 0 bridgehead atoms. The average molecular weight is 241 g/mol. The molecule has 6 heteroatoms. The third-order valence-corrected chi connectivity index (χ3v) is 2.76. The molecule has 0 aromatic heterocycles. The molecule has 1 heterocycles. The van der Waals surface area contributed by atoms with E-state index in [4.69, 9.17) is 0 Å². The Labute approximate surface area is 93.1 Å². The molecule has 96 valence electrons. The Bertz CT molecular complexity index is 245. The van der Waals surface area contributed by atoms with Crippen molar-refractivity contribution in [2.75, 3.05) is 0 Å². The van der Waals surface area contributed by atoms with E-state index in [2.05, 4.69) is 4.84 Å². The van der Waals surface area contributed by atoms with E-state index in [0.717, 1.165) is 5.06 Å². The molecule has 0 aromatic carbocycles. The lowest BCUT2D eigenvalue weighted by molar-refractivity contribution is -0.457. The van der Waals surface area contributed by atoms with Gasteiger partial charge in [-0.05, 0) is 40.5 Å². The van der Waals surface area contributed by atoms with Crippen molar-refractivity contribution in [1.82, 2.24) is 5.06 Å². The average Bonchev–Trinajstić information content (AvgIpc) is 1.92. The predicted octanol–water partition coefficient (Wildman–Crippen LogP) is 2.45. The molecule has 1 N–H and O–H groups in total. The molecule has 0 saturated carbocycles. The van der Waals surface area contributed by atoms with Gasteiger partial charge in [-0.3, -0.25) is 0 Å². The molecule has 1 rings (SSSR count). The zero-order valence-corrected chi connectivity index (χ0v) is 9.93. The van der Waals surface area contributed by atoms with Crippen LogP contribution in [0.3, 0.4) is 0 Å². The highest BCUT2D eigenvalue weighted by molar-refractivity contribution is 4.96. The van der Waals surface area contributed by atoms with Crippen molar-refractivity contribution in [1.29, 1.82) is 0 Å². The first-order chi connectivity index (χ1) is 6.94. The number of alkyl halides is 3. The first-order valence-electron chi connectivity index (χ1n) is 5.18. The molecule has 0 radical (unpaired) electrons. The van der Waals surface area contributed by atoms with Gasteiger partial charge in [0.25, 0.3) is 0 Å². The van der Waals surface area contributed by atoms with Crippen LogP contribution in [0.15, 0.2) is 0 Å². The molecule has 0 unspecified atom stereocenters. The van der Waals surface area contributed by atoms with Crippen LogP contribution in [-0.2, 0) is 4.84 Å². The van der Waals surface area contributed by atoms with Crippen molar-refractivity contribution in [3.05, 3.63) is 0 Å². The number of hydrogen-bond donors (Lipinski definition) is 1. The summed E-state index contributed by atoms with van der Waals surface area (Å²) in [6, 6.07) is 0. The molecule has 0 aromatic rings. The molecule has 0 atom stereocenters. The summed E-state index contributed by atoms with van der Waals surface area (Å²) in [6.07, 6.45) is -4.78. The van der Waals surface area contributed by atoms with E-state index in [1.54, 1.807) is 27.7 Å². The number of aliphatic hydroxyl groups excluding tert-OH is 1. The summed E-state index contributed by atoms with van der Waals surface area (Å²) in [5.41, 5.74) is -1.70. The molecular weight excluding hydrogens is 223 g/mol. The Morgan fingerprint density at radius 2 is 1.50 bits per heavy atom. The van der Waals surface area contributed by atoms with E-state index in [1.807, 2.05) is 0 Å². The second kappa shape index (κ2) is 3.85. The van der Waals surface area contributed by atoms with E-state index in [1.165, 1.54) is 0 Å². The molecule has 1 aliphatic heterocycles. The predicted molar refractivity (Wildman–Crippen MR) is 52.4 cm³/mol. The summed E-state index contributed by atoms with van der Waals surface area (Å²) in [5, 5.41) is 10.6. The van der Waals surface area contributed by atoms with Crippen LogP contribution < -0.4 is 0 Å². The first kappa shape index (κ1) is 13.7. The van der Waals surface area contributed by atoms with Crippen molar-refractivity contribution >= 4 is 0 Å². The van der Waals surface area contributed by atoms with Crippen LogP contribution in [0.5, 0.6) is 0 Å². The Balaban J connectivity index is 2.93. The fourth-order valence-electron chi connectivity index (χ4n) is 2.56. The summed E-state index contributed by atoms with van der Waals surface area (Å²) >= 11 is 0. The number of piperidine rings is 1. The summed E-state index contributed by atoms with van der Waals surface area (Å²) in [6.45, 7) is 6.51. The zero-order chi connectivity index (χ0) is 12.8. The number of hydrogen-bond acceptors (Lipinski definition) is 3. The van der Waals surface area contributed by atoms with Crippen molar-refractivity contribution < 1.29 is 23.1 Å². The van der Waals surface area contributed by atoms with Gasteiger partial charge in [-0.1, -0.05) is 0 Å². The fraction of sp³-hybridized carbons (Fsp3) is 1.00. The van der Waals surface area contributed by atoms with Gasteiger partial charge in [0.15, 0.2) is 0 Å². The SMILES string of the molecule is CC1(C)CC(O)CC(C)(C)N1OC(F)(F)F. The normalized spacial score (nSPS) is 27.0. The van der Waals surface area contributed by atoms with Gasteiger partial charge >= 0.3 is 6.36 Å². The van der Waals surface area contributed by atoms with Crippen LogP contribution in [0.2, 0.25) is 0 Å². The van der Waals surface area contributed by atoms with E-state index >= 15 is 0 Å². The third-order valence-electron chi connectivity index (χ3n) is 2.76. The van der Waals surface area contributed by atoms with Crippen LogP contribution in [0.1, 0.15) is 40.5 Å². The van der Waals surface area contributed by atoms with E-state index in [9.17, 15) is 18.3 Å². The maximum atomic E-state index is 12.3. The number of hydroxylamine groups is 2. The van der Waals surface area contributed by atoms with Gasteiger partial charge in [-0.25, -0.2) is 0 Å². The number of aliphatic hydroxyl groups is 1. The summed E-state index contributed by atoms with van der Waals surface area (Å²) in [5.74, 6) is 0. The lowest BCUT2D eigenvalue weighted by Crippen LogP contribution is -2.62. The molecule has 1 aliphatic rings. The van der Waals surface area contributed by atoms with Crippen LogP contribution in [0.25, 0.3) is 0 Å². The Kier molecular flexibility index (Phi) is 3.31. The highest BCUT2D eigenvalue weighted by atomic mass is 19.4. The van der Waals surface area contributed by atoms with Crippen molar-refractivity contribution in [2.45, 2.75) is 64.1 Å². The Morgan fingerprint density at radius 1 is 1.12 bits per heavy atom. The van der Waals surface area contributed by atoms with Gasteiger partial charge in [0, 0.05) is 11.1 Å². The lowest BCUT2D eigenvalue weighted by atomic mass is 9.80. The Morgan fingerprint density at radius 3 is 1.81 bits per heavy atom. The largest absolute Gasteiger partial charge is 0.539 e. The smallest absolute Gasteiger partial charge is 0.393 e. The Hall–Kier alpha value is -0.330. The molecular formula is C10H18F3NO2. The maximum absolute atomic E-state index is 12.3. The van der Waals surface area contributed by atoms with Crippen molar-refractivity contribution in [2.24, 2.45) is 0 Å².